The normalized spacial score (nSPS) is 9.89. The first-order valence-corrected chi connectivity index (χ1v) is 5.72. The number of rotatable bonds is 2. The lowest BCUT2D eigenvalue weighted by molar-refractivity contribution is 1.05. The molecule has 1 aromatic carbocycles. The lowest BCUT2D eigenvalue weighted by Crippen LogP contribution is -2.13. The summed E-state index contributed by atoms with van der Waals surface area (Å²) in [6, 6.07) is 9.43. The fourth-order valence-corrected chi connectivity index (χ4v) is 1.79. The number of nitriles is 1. The molecule has 0 saturated heterocycles. The smallest absolute Gasteiger partial charge is 0.224 e. The van der Waals surface area contributed by atoms with E-state index in [4.69, 9.17) is 16.9 Å². The average molecular weight is 259 g/mol. The number of nitrogens with zero attached hydrogens (tertiary/aromatic N) is 4. The van der Waals surface area contributed by atoms with E-state index in [0.29, 0.717) is 5.56 Å². The Labute approximate surface area is 110 Å². The molecule has 1 aromatic heterocycles. The molecule has 0 aliphatic carbocycles. The highest BCUT2D eigenvalue weighted by atomic mass is 35.5. The minimum absolute atomic E-state index is 0.207. The molecule has 0 spiro atoms. The third-order valence-corrected chi connectivity index (χ3v) is 2.78. The summed E-state index contributed by atoms with van der Waals surface area (Å²) in [7, 11) is 1.88. The fourth-order valence-electron chi connectivity index (χ4n) is 1.66. The van der Waals surface area contributed by atoms with Gasteiger partial charge in [-0.05, 0) is 36.7 Å². The van der Waals surface area contributed by atoms with Crippen LogP contribution in [0.25, 0.3) is 0 Å². The average Bonchev–Trinajstić information content (AvgIpc) is 2.41. The van der Waals surface area contributed by atoms with Crippen LogP contribution in [0.1, 0.15) is 11.1 Å². The van der Waals surface area contributed by atoms with E-state index in [0.717, 1.165) is 17.1 Å². The van der Waals surface area contributed by atoms with E-state index in [1.54, 1.807) is 18.3 Å². The van der Waals surface area contributed by atoms with Gasteiger partial charge in [0.05, 0.1) is 11.6 Å². The number of benzene rings is 1. The highest BCUT2D eigenvalue weighted by Crippen LogP contribution is 2.25. The Morgan fingerprint density at radius 1 is 1.39 bits per heavy atom. The molecule has 2 aromatic rings. The highest BCUT2D eigenvalue weighted by molar-refractivity contribution is 6.28. The number of hydrogen-bond donors (Lipinski definition) is 0. The molecule has 0 N–H and O–H groups in total. The zero-order valence-electron chi connectivity index (χ0n) is 10.1. The van der Waals surface area contributed by atoms with Crippen LogP contribution < -0.4 is 4.90 Å². The van der Waals surface area contributed by atoms with Crippen molar-refractivity contribution in [2.45, 2.75) is 6.92 Å². The SMILES string of the molecule is Cc1cnc(Cl)nc1N(C)c1cccc(C#N)c1. The molecule has 0 fully saturated rings. The van der Waals surface area contributed by atoms with Crippen LogP contribution in [0.15, 0.2) is 30.5 Å². The Morgan fingerprint density at radius 2 is 2.17 bits per heavy atom. The van der Waals surface area contributed by atoms with E-state index >= 15 is 0 Å². The maximum atomic E-state index is 8.90. The molecule has 0 bridgehead atoms. The first kappa shape index (κ1) is 12.3. The lowest BCUT2D eigenvalue weighted by atomic mass is 10.2. The lowest BCUT2D eigenvalue weighted by Gasteiger charge is -2.20. The van der Waals surface area contributed by atoms with E-state index < -0.39 is 0 Å². The van der Waals surface area contributed by atoms with Crippen molar-refractivity contribution >= 4 is 23.1 Å². The first-order valence-electron chi connectivity index (χ1n) is 5.35. The van der Waals surface area contributed by atoms with Gasteiger partial charge in [-0.3, -0.25) is 0 Å². The third-order valence-electron chi connectivity index (χ3n) is 2.60. The van der Waals surface area contributed by atoms with E-state index in [1.807, 2.05) is 31.0 Å². The fraction of sp³-hybridized carbons (Fsp3) is 0.154. The molecule has 18 heavy (non-hydrogen) atoms. The Hall–Kier alpha value is -2.12. The maximum absolute atomic E-state index is 8.90. The summed E-state index contributed by atoms with van der Waals surface area (Å²) in [5, 5.41) is 9.11. The van der Waals surface area contributed by atoms with Gasteiger partial charge in [0, 0.05) is 24.5 Å². The van der Waals surface area contributed by atoms with Crippen molar-refractivity contribution in [2.24, 2.45) is 0 Å². The molecule has 0 unspecified atom stereocenters. The van der Waals surface area contributed by atoms with Crippen molar-refractivity contribution in [3.05, 3.63) is 46.9 Å². The van der Waals surface area contributed by atoms with Gasteiger partial charge in [-0.25, -0.2) is 4.98 Å². The highest BCUT2D eigenvalue weighted by Gasteiger charge is 2.10. The number of aromatic nitrogens is 2. The van der Waals surface area contributed by atoms with Crippen molar-refractivity contribution < 1.29 is 0 Å². The van der Waals surface area contributed by atoms with Crippen molar-refractivity contribution in [1.29, 1.82) is 5.26 Å². The van der Waals surface area contributed by atoms with Gasteiger partial charge in [0.1, 0.15) is 5.82 Å². The van der Waals surface area contributed by atoms with E-state index in [1.165, 1.54) is 0 Å². The van der Waals surface area contributed by atoms with Gasteiger partial charge < -0.3 is 4.90 Å². The molecule has 1 heterocycles. The van der Waals surface area contributed by atoms with Crippen LogP contribution >= 0.6 is 11.6 Å². The van der Waals surface area contributed by atoms with E-state index in [9.17, 15) is 0 Å². The van der Waals surface area contributed by atoms with Crippen LogP contribution in [-0.4, -0.2) is 17.0 Å². The molecule has 0 atom stereocenters. The monoisotopic (exact) mass is 258 g/mol. The zero-order chi connectivity index (χ0) is 13.1. The van der Waals surface area contributed by atoms with Crippen LogP contribution in [0.3, 0.4) is 0 Å². The van der Waals surface area contributed by atoms with Gasteiger partial charge in [-0.2, -0.15) is 10.2 Å². The maximum Gasteiger partial charge on any atom is 0.224 e. The van der Waals surface area contributed by atoms with Crippen LogP contribution in [0.4, 0.5) is 11.5 Å². The number of aryl methyl sites for hydroxylation is 1. The summed E-state index contributed by atoms with van der Waals surface area (Å²) < 4.78 is 0. The summed E-state index contributed by atoms with van der Waals surface area (Å²) in [6.07, 6.45) is 1.68. The summed E-state index contributed by atoms with van der Waals surface area (Å²) in [5.74, 6) is 0.727. The largest absolute Gasteiger partial charge is 0.329 e. The number of hydrogen-bond acceptors (Lipinski definition) is 4. The predicted molar refractivity (Wildman–Crippen MR) is 71.0 cm³/mol. The molecule has 2 rings (SSSR count). The van der Waals surface area contributed by atoms with Crippen LogP contribution in [-0.2, 0) is 0 Å². The zero-order valence-corrected chi connectivity index (χ0v) is 10.8. The first-order chi connectivity index (χ1) is 8.61. The second kappa shape index (κ2) is 5.03. The Morgan fingerprint density at radius 3 is 2.89 bits per heavy atom. The topological polar surface area (TPSA) is 52.8 Å². The molecular formula is C13H11ClN4. The molecule has 0 radical (unpaired) electrons. The van der Waals surface area contributed by atoms with Gasteiger partial charge in [0.25, 0.3) is 0 Å². The van der Waals surface area contributed by atoms with Gasteiger partial charge in [-0.15, -0.1) is 0 Å². The van der Waals surface area contributed by atoms with Gasteiger partial charge in [-0.1, -0.05) is 6.07 Å². The molecule has 0 amide bonds. The molecule has 5 heteroatoms. The second-order valence-electron chi connectivity index (χ2n) is 3.87. The van der Waals surface area contributed by atoms with Crippen LogP contribution in [0.5, 0.6) is 0 Å². The van der Waals surface area contributed by atoms with Crippen molar-refractivity contribution in [3.8, 4) is 6.07 Å². The number of halogens is 1. The number of anilines is 2. The van der Waals surface area contributed by atoms with Gasteiger partial charge >= 0.3 is 0 Å². The summed E-state index contributed by atoms with van der Waals surface area (Å²) in [6.45, 7) is 1.91. The van der Waals surface area contributed by atoms with E-state index in [2.05, 4.69) is 16.0 Å². The molecule has 0 aliphatic heterocycles. The van der Waals surface area contributed by atoms with Crippen LogP contribution in [0, 0.1) is 18.3 Å². The predicted octanol–water partition coefficient (Wildman–Crippen LogP) is 3.08. The van der Waals surface area contributed by atoms with Gasteiger partial charge in [0.15, 0.2) is 0 Å². The second-order valence-corrected chi connectivity index (χ2v) is 4.20. The van der Waals surface area contributed by atoms with Crippen LogP contribution in [0.2, 0.25) is 5.28 Å². The Kier molecular flexibility index (Phi) is 3.45. The van der Waals surface area contributed by atoms with Crippen molar-refractivity contribution in [2.75, 3.05) is 11.9 Å². The Balaban J connectivity index is 2.44. The molecule has 4 nitrogen and oxygen atoms in total. The minimum Gasteiger partial charge on any atom is -0.329 e. The quantitative estimate of drug-likeness (QED) is 0.777. The molecular weight excluding hydrogens is 248 g/mol. The van der Waals surface area contributed by atoms with E-state index in [-0.39, 0.29) is 5.28 Å². The summed E-state index contributed by atoms with van der Waals surface area (Å²) in [4.78, 5) is 10.0. The van der Waals surface area contributed by atoms with Crippen molar-refractivity contribution in [1.82, 2.24) is 9.97 Å². The molecule has 0 saturated carbocycles. The minimum atomic E-state index is 0.207. The third kappa shape index (κ3) is 2.41. The summed E-state index contributed by atoms with van der Waals surface area (Å²) >= 11 is 5.81. The van der Waals surface area contributed by atoms with Crippen molar-refractivity contribution in [3.63, 3.8) is 0 Å². The Bertz CT molecular complexity index is 619. The molecule has 90 valence electrons. The molecule has 0 aliphatic rings. The summed E-state index contributed by atoms with van der Waals surface area (Å²) in [5.41, 5.74) is 2.41. The van der Waals surface area contributed by atoms with Gasteiger partial charge in [0.2, 0.25) is 5.28 Å². The standard InChI is InChI=1S/C13H11ClN4/c1-9-8-16-13(14)17-12(9)18(2)11-5-3-4-10(6-11)7-15/h3-6,8H,1-2H3.